The summed E-state index contributed by atoms with van der Waals surface area (Å²) in [5.41, 5.74) is 5.26. The van der Waals surface area contributed by atoms with E-state index in [2.05, 4.69) is 15.0 Å². The van der Waals surface area contributed by atoms with Gasteiger partial charge in [0.2, 0.25) is 5.95 Å². The van der Waals surface area contributed by atoms with Crippen LogP contribution in [-0.2, 0) is 25.6 Å². The average Bonchev–Trinajstić information content (AvgIpc) is 3.20. The zero-order valence-electron chi connectivity index (χ0n) is 16.4. The first-order valence-electron chi connectivity index (χ1n) is 8.90. The Bertz CT molecular complexity index is 1280. The number of hydrogen-bond donors (Lipinski definition) is 3. The van der Waals surface area contributed by atoms with E-state index in [0.29, 0.717) is 5.02 Å². The van der Waals surface area contributed by atoms with Crippen molar-refractivity contribution in [2.75, 3.05) is 12.3 Å². The zero-order chi connectivity index (χ0) is 21.9. The van der Waals surface area contributed by atoms with E-state index in [9.17, 15) is 14.8 Å². The minimum Gasteiger partial charge on any atom is -0.847 e. The van der Waals surface area contributed by atoms with E-state index >= 15 is 0 Å². The normalized spacial score (nSPS) is 29.6. The standard InChI is InChI=1S/C16H14ClN5O6PS2.Na/c17-6-1-3-7(4-2-6)31-16-19-9-12(20-15(18)21-13(9)24)22(16)14-10(23)11-8(27-14)5-26-29(25,30)28-11;/h1-4,8,10-11,14H,5H2,(H,25,30)(H3,18,20,21,24);/q-1;+1/t8-,10-,11-,14-,29?;/m1./s1. The van der Waals surface area contributed by atoms with E-state index in [1.807, 2.05) is 0 Å². The molecule has 0 aliphatic carbocycles. The first-order valence-corrected chi connectivity index (χ1v) is 12.7. The molecule has 4 N–H and O–H groups in total. The third-order valence-corrected chi connectivity index (χ3v) is 7.55. The van der Waals surface area contributed by atoms with Gasteiger partial charge < -0.3 is 29.5 Å². The van der Waals surface area contributed by atoms with Crippen molar-refractivity contribution in [2.45, 2.75) is 34.6 Å². The number of nitrogen functional groups attached to an aromatic ring is 1. The Morgan fingerprint density at radius 2 is 2.09 bits per heavy atom. The number of fused-ring (bicyclic) bond motifs is 2. The summed E-state index contributed by atoms with van der Waals surface area (Å²) in [7, 11) is 0. The van der Waals surface area contributed by atoms with Crippen LogP contribution < -0.4 is 46.0 Å². The Hall–Kier alpha value is -0.540. The number of nitrogens with zero attached hydrogens (tertiary/aromatic N) is 3. The Labute approximate surface area is 217 Å². The van der Waals surface area contributed by atoms with Crippen LogP contribution in [0.3, 0.4) is 0 Å². The second-order valence-electron chi connectivity index (χ2n) is 6.81. The quantitative estimate of drug-likeness (QED) is 0.251. The van der Waals surface area contributed by atoms with E-state index in [4.69, 9.17) is 42.9 Å². The number of rotatable bonds is 3. The van der Waals surface area contributed by atoms with Gasteiger partial charge >= 0.3 is 36.3 Å². The van der Waals surface area contributed by atoms with Crippen LogP contribution in [0.4, 0.5) is 5.95 Å². The number of H-pyrrole nitrogens is 1. The van der Waals surface area contributed by atoms with Crippen LogP contribution in [0, 0.1) is 0 Å². The van der Waals surface area contributed by atoms with Crippen molar-refractivity contribution in [2.24, 2.45) is 0 Å². The van der Waals surface area contributed by atoms with E-state index in [1.165, 1.54) is 16.3 Å². The van der Waals surface area contributed by atoms with Crippen molar-refractivity contribution in [1.29, 1.82) is 0 Å². The van der Waals surface area contributed by atoms with E-state index < -0.39 is 36.8 Å². The number of anilines is 1. The molecular weight excluding hydrogens is 512 g/mol. The van der Waals surface area contributed by atoms with Crippen molar-refractivity contribution in [3.05, 3.63) is 39.6 Å². The summed E-state index contributed by atoms with van der Waals surface area (Å²) in [5, 5.41) is 14.1. The van der Waals surface area contributed by atoms with Gasteiger partial charge in [0.15, 0.2) is 16.3 Å². The van der Waals surface area contributed by atoms with E-state index in [0.717, 1.165) is 4.90 Å². The number of aromatic nitrogens is 4. The molecule has 0 amide bonds. The molecule has 5 rings (SSSR count). The molecule has 11 nitrogen and oxygen atoms in total. The molecule has 2 saturated heterocycles. The molecule has 2 aliphatic rings. The van der Waals surface area contributed by atoms with Gasteiger partial charge in [0.25, 0.3) is 5.56 Å². The summed E-state index contributed by atoms with van der Waals surface area (Å²) < 4.78 is 17.8. The van der Waals surface area contributed by atoms with Gasteiger partial charge in [-0.2, -0.15) is 4.98 Å². The maximum atomic E-state index is 13.2. The van der Waals surface area contributed by atoms with Gasteiger partial charge in [0.1, 0.15) is 12.3 Å². The van der Waals surface area contributed by atoms with Gasteiger partial charge in [-0.25, -0.2) is 4.98 Å². The smallest absolute Gasteiger partial charge is 0.847 e. The minimum absolute atomic E-state index is 0. The number of nitrogens with two attached hydrogens (primary N) is 1. The van der Waals surface area contributed by atoms with Crippen LogP contribution in [0.5, 0.6) is 0 Å². The monoisotopic (exact) mass is 525 g/mol. The summed E-state index contributed by atoms with van der Waals surface area (Å²) in [6.07, 6.45) is -4.42. The van der Waals surface area contributed by atoms with Crippen molar-refractivity contribution >= 4 is 59.0 Å². The molecule has 4 heterocycles. The Morgan fingerprint density at radius 3 is 2.81 bits per heavy atom. The van der Waals surface area contributed by atoms with Gasteiger partial charge in [-0.05, 0) is 42.2 Å². The first kappa shape index (κ1) is 24.6. The van der Waals surface area contributed by atoms with Crippen molar-refractivity contribution in [1.82, 2.24) is 19.5 Å². The molecule has 0 bridgehead atoms. The number of halogens is 1. The van der Waals surface area contributed by atoms with Crippen LogP contribution in [0.15, 0.2) is 39.1 Å². The topological polar surface area (TPSA) is 161 Å². The van der Waals surface area contributed by atoms with Crippen LogP contribution in [0.2, 0.25) is 5.02 Å². The number of nitrogens with one attached hydrogen (secondary N) is 1. The number of imidazole rings is 1. The van der Waals surface area contributed by atoms with Crippen molar-refractivity contribution in [3.8, 4) is 0 Å². The Kier molecular flexibility index (Phi) is 7.11. The molecule has 2 fully saturated rings. The molecular formula is C16H14ClN5NaO6PS2. The van der Waals surface area contributed by atoms with Gasteiger partial charge in [-0.15, -0.1) is 0 Å². The summed E-state index contributed by atoms with van der Waals surface area (Å²) in [4.78, 5) is 34.1. The second-order valence-corrected chi connectivity index (χ2v) is 11.1. The number of ether oxygens (including phenoxy) is 1. The molecule has 1 aromatic carbocycles. The summed E-state index contributed by atoms with van der Waals surface area (Å²) in [6, 6.07) is 6.95. The molecule has 5 atom stereocenters. The minimum atomic E-state index is -3.51. The summed E-state index contributed by atoms with van der Waals surface area (Å²) in [6.45, 7) is -3.60. The molecule has 32 heavy (non-hydrogen) atoms. The molecule has 0 spiro atoms. The van der Waals surface area contributed by atoms with Crippen LogP contribution >= 0.6 is 30.1 Å². The van der Waals surface area contributed by atoms with Crippen LogP contribution in [0.1, 0.15) is 6.23 Å². The third kappa shape index (κ3) is 4.54. The SMILES string of the molecule is Nc1nc2c(nc(Sc3ccc(Cl)cc3)n2[C@@H]2O[C@@H]3COP(O)(=S)O[C@H]3[C@H]2[O-])c(=O)[nH]1.[Na+]. The van der Waals surface area contributed by atoms with Gasteiger partial charge in [0, 0.05) is 9.92 Å². The number of benzene rings is 1. The predicted octanol–water partition coefficient (Wildman–Crippen LogP) is -2.23. The van der Waals surface area contributed by atoms with Gasteiger partial charge in [0.05, 0.1) is 12.7 Å². The zero-order valence-corrected chi connectivity index (χ0v) is 21.7. The molecule has 16 heteroatoms. The molecule has 0 saturated carbocycles. The summed E-state index contributed by atoms with van der Waals surface area (Å²) in [5.74, 6) is -0.134. The molecule has 2 aromatic heterocycles. The molecule has 164 valence electrons. The largest absolute Gasteiger partial charge is 1.00 e. The predicted molar refractivity (Wildman–Crippen MR) is 113 cm³/mol. The fourth-order valence-corrected chi connectivity index (χ4v) is 5.89. The summed E-state index contributed by atoms with van der Waals surface area (Å²) >= 11 is 12.0. The van der Waals surface area contributed by atoms with Gasteiger partial charge in [-0.3, -0.25) is 14.3 Å². The molecule has 3 aromatic rings. The Balaban J connectivity index is 0.00000245. The van der Waals surface area contributed by atoms with Crippen molar-refractivity contribution in [3.63, 3.8) is 0 Å². The van der Waals surface area contributed by atoms with Crippen molar-refractivity contribution < 1.29 is 53.3 Å². The molecule has 1 unspecified atom stereocenters. The number of hydrogen-bond acceptors (Lipinski definition) is 10. The maximum Gasteiger partial charge on any atom is 1.00 e. The van der Waals surface area contributed by atoms with Crippen LogP contribution in [-0.4, -0.2) is 49.3 Å². The fourth-order valence-electron chi connectivity index (χ4n) is 3.42. The number of aromatic amines is 1. The van der Waals surface area contributed by atoms with E-state index in [-0.39, 0.29) is 58.4 Å². The first-order chi connectivity index (χ1) is 14.7. The molecule has 2 aliphatic heterocycles. The second kappa shape index (κ2) is 9.25. The Morgan fingerprint density at radius 1 is 1.38 bits per heavy atom. The maximum absolute atomic E-state index is 13.2. The van der Waals surface area contributed by atoms with Gasteiger partial charge in [-0.1, -0.05) is 23.4 Å². The molecule has 0 radical (unpaired) electrons. The fraction of sp³-hybridized carbons (Fsp3) is 0.312. The van der Waals surface area contributed by atoms with Crippen LogP contribution in [0.25, 0.3) is 11.2 Å². The third-order valence-electron chi connectivity index (χ3n) is 4.76. The van der Waals surface area contributed by atoms with E-state index in [1.54, 1.807) is 24.3 Å². The average molecular weight is 526 g/mol.